The quantitative estimate of drug-likeness (QED) is 0.614. The molecule has 2 aliphatic rings. The van der Waals surface area contributed by atoms with Crippen LogP contribution in [0.5, 0.6) is 0 Å². The van der Waals surface area contributed by atoms with Crippen LogP contribution in [-0.2, 0) is 17.6 Å². The van der Waals surface area contributed by atoms with E-state index in [2.05, 4.69) is 0 Å². The smallest absolute Gasteiger partial charge is 0.262 e. The molecule has 2 aliphatic heterocycles. The van der Waals surface area contributed by atoms with E-state index in [4.69, 9.17) is 0 Å². The lowest BCUT2D eigenvalue weighted by Crippen LogP contribution is -2.53. The standard InChI is InChI=1S/C26H22N2O3/c29-24-20-13-5-6-14-21(20)25(30)28(24)23(17-18-9-2-1-3-10-18)26(31)27-16-8-12-19-11-4-7-15-22(19)27/h1-7,9-11,13-15,23H,8,12,16-17H2/t23-/m0/s1. The van der Waals surface area contributed by atoms with Gasteiger partial charge in [0.15, 0.2) is 0 Å². The van der Waals surface area contributed by atoms with Gasteiger partial charge in [-0.1, -0.05) is 60.7 Å². The first-order chi connectivity index (χ1) is 15.1. The highest BCUT2D eigenvalue weighted by molar-refractivity contribution is 6.23. The molecule has 31 heavy (non-hydrogen) atoms. The Labute approximate surface area is 180 Å². The van der Waals surface area contributed by atoms with Crippen LogP contribution in [0.3, 0.4) is 0 Å². The molecule has 0 radical (unpaired) electrons. The van der Waals surface area contributed by atoms with Gasteiger partial charge in [0.25, 0.3) is 17.7 Å². The van der Waals surface area contributed by atoms with Gasteiger partial charge < -0.3 is 4.90 Å². The molecule has 0 saturated heterocycles. The van der Waals surface area contributed by atoms with Gasteiger partial charge in [0.05, 0.1) is 11.1 Å². The molecule has 0 saturated carbocycles. The highest BCUT2D eigenvalue weighted by Crippen LogP contribution is 2.31. The van der Waals surface area contributed by atoms with Crippen molar-refractivity contribution >= 4 is 23.4 Å². The number of hydrogen-bond acceptors (Lipinski definition) is 3. The summed E-state index contributed by atoms with van der Waals surface area (Å²) in [6.45, 7) is 0.574. The fourth-order valence-corrected chi connectivity index (χ4v) is 4.56. The Kier molecular flexibility index (Phi) is 4.86. The van der Waals surface area contributed by atoms with Crippen molar-refractivity contribution in [2.45, 2.75) is 25.3 Å². The maximum absolute atomic E-state index is 13.9. The maximum atomic E-state index is 13.9. The third-order valence-electron chi connectivity index (χ3n) is 6.07. The molecule has 3 aromatic rings. The van der Waals surface area contributed by atoms with Crippen LogP contribution in [0.1, 0.15) is 38.3 Å². The second-order valence-electron chi connectivity index (χ2n) is 7.95. The number of carbonyl (C=O) groups is 3. The van der Waals surface area contributed by atoms with Gasteiger partial charge in [0.2, 0.25) is 0 Å². The minimum absolute atomic E-state index is 0.217. The predicted molar refractivity (Wildman–Crippen MR) is 118 cm³/mol. The lowest BCUT2D eigenvalue weighted by Gasteiger charge is -2.35. The first-order valence-corrected chi connectivity index (χ1v) is 10.6. The topological polar surface area (TPSA) is 57.7 Å². The largest absolute Gasteiger partial charge is 0.310 e. The minimum atomic E-state index is -0.902. The van der Waals surface area contributed by atoms with E-state index in [-0.39, 0.29) is 12.3 Å². The summed E-state index contributed by atoms with van der Waals surface area (Å²) in [6, 6.07) is 23.3. The molecule has 154 valence electrons. The lowest BCUT2D eigenvalue weighted by atomic mass is 9.98. The van der Waals surface area contributed by atoms with Crippen LogP contribution in [0.25, 0.3) is 0 Å². The molecule has 0 aromatic heterocycles. The van der Waals surface area contributed by atoms with Gasteiger partial charge in [-0.25, -0.2) is 0 Å². The molecule has 3 aromatic carbocycles. The Morgan fingerprint density at radius 3 is 2.13 bits per heavy atom. The van der Waals surface area contributed by atoms with Crippen molar-refractivity contribution in [2.75, 3.05) is 11.4 Å². The molecule has 5 rings (SSSR count). The average Bonchev–Trinajstić information content (AvgIpc) is 3.07. The maximum Gasteiger partial charge on any atom is 0.262 e. The molecular formula is C26H22N2O3. The highest BCUT2D eigenvalue weighted by Gasteiger charge is 2.44. The summed E-state index contributed by atoms with van der Waals surface area (Å²) in [5.74, 6) is -1.02. The Morgan fingerprint density at radius 1 is 0.806 bits per heavy atom. The fourth-order valence-electron chi connectivity index (χ4n) is 4.56. The zero-order chi connectivity index (χ0) is 21.4. The van der Waals surface area contributed by atoms with E-state index in [9.17, 15) is 14.4 Å². The van der Waals surface area contributed by atoms with Gasteiger partial charge in [-0.05, 0) is 42.2 Å². The van der Waals surface area contributed by atoms with E-state index >= 15 is 0 Å². The number of rotatable bonds is 4. The van der Waals surface area contributed by atoms with Gasteiger partial charge in [-0.15, -0.1) is 0 Å². The molecule has 0 unspecified atom stereocenters. The number of para-hydroxylation sites is 1. The Hall–Kier alpha value is -3.73. The van der Waals surface area contributed by atoms with E-state index in [0.29, 0.717) is 17.7 Å². The SMILES string of the molecule is O=C([C@H](Cc1ccccc1)N1C(=O)c2ccccc2C1=O)N1CCCc2ccccc21. The zero-order valence-corrected chi connectivity index (χ0v) is 17.0. The molecule has 0 N–H and O–H groups in total. The number of hydrogen-bond donors (Lipinski definition) is 0. The summed E-state index contributed by atoms with van der Waals surface area (Å²) < 4.78 is 0. The molecule has 1 atom stereocenters. The minimum Gasteiger partial charge on any atom is -0.310 e. The molecular weight excluding hydrogens is 388 g/mol. The second-order valence-corrected chi connectivity index (χ2v) is 7.95. The van der Waals surface area contributed by atoms with E-state index in [1.165, 1.54) is 0 Å². The van der Waals surface area contributed by atoms with Gasteiger partial charge in [0.1, 0.15) is 6.04 Å². The summed E-state index contributed by atoms with van der Waals surface area (Å²) in [7, 11) is 0. The lowest BCUT2D eigenvalue weighted by molar-refractivity contribution is -0.122. The summed E-state index contributed by atoms with van der Waals surface area (Å²) in [4.78, 5) is 43.2. The van der Waals surface area contributed by atoms with Crippen molar-refractivity contribution in [3.8, 4) is 0 Å². The van der Waals surface area contributed by atoms with Crippen LogP contribution < -0.4 is 4.90 Å². The van der Waals surface area contributed by atoms with Crippen molar-refractivity contribution in [1.82, 2.24) is 4.90 Å². The molecule has 2 heterocycles. The Bertz CT molecular complexity index is 1140. The fraction of sp³-hybridized carbons (Fsp3) is 0.192. The third kappa shape index (κ3) is 3.32. The van der Waals surface area contributed by atoms with Crippen LogP contribution in [0.2, 0.25) is 0 Å². The van der Waals surface area contributed by atoms with Crippen LogP contribution in [0, 0.1) is 0 Å². The van der Waals surface area contributed by atoms with Crippen LogP contribution in [0.15, 0.2) is 78.9 Å². The predicted octanol–water partition coefficient (Wildman–Crippen LogP) is 3.87. The molecule has 0 spiro atoms. The number of aryl methyl sites for hydroxylation is 1. The number of amides is 3. The molecule has 5 nitrogen and oxygen atoms in total. The number of nitrogens with zero attached hydrogens (tertiary/aromatic N) is 2. The van der Waals surface area contributed by atoms with Crippen LogP contribution in [0.4, 0.5) is 5.69 Å². The number of fused-ring (bicyclic) bond motifs is 2. The zero-order valence-electron chi connectivity index (χ0n) is 17.0. The average molecular weight is 410 g/mol. The normalized spacial score (nSPS) is 16.1. The second kappa shape index (κ2) is 7.84. The van der Waals surface area contributed by atoms with Gasteiger partial charge in [-0.2, -0.15) is 0 Å². The molecule has 5 heteroatoms. The Morgan fingerprint density at radius 2 is 1.42 bits per heavy atom. The van der Waals surface area contributed by atoms with E-state index in [0.717, 1.165) is 34.6 Å². The Balaban J connectivity index is 1.55. The van der Waals surface area contributed by atoms with E-state index in [1.807, 2.05) is 54.6 Å². The van der Waals surface area contributed by atoms with Crippen molar-refractivity contribution < 1.29 is 14.4 Å². The van der Waals surface area contributed by atoms with Gasteiger partial charge >= 0.3 is 0 Å². The number of carbonyl (C=O) groups excluding carboxylic acids is 3. The molecule has 3 amide bonds. The van der Waals surface area contributed by atoms with Gasteiger partial charge in [0, 0.05) is 18.7 Å². The molecule has 0 aliphatic carbocycles. The summed E-state index contributed by atoms with van der Waals surface area (Å²) in [5, 5.41) is 0. The first-order valence-electron chi connectivity index (χ1n) is 10.6. The summed E-state index contributed by atoms with van der Waals surface area (Å²) >= 11 is 0. The van der Waals surface area contributed by atoms with Crippen molar-refractivity contribution in [3.05, 3.63) is 101 Å². The summed E-state index contributed by atoms with van der Waals surface area (Å²) in [5.41, 5.74) is 3.61. The van der Waals surface area contributed by atoms with E-state index < -0.39 is 17.9 Å². The van der Waals surface area contributed by atoms with Crippen LogP contribution in [-0.4, -0.2) is 35.2 Å². The van der Waals surface area contributed by atoms with Crippen molar-refractivity contribution in [2.24, 2.45) is 0 Å². The van der Waals surface area contributed by atoms with Gasteiger partial charge in [-0.3, -0.25) is 19.3 Å². The molecule has 0 bridgehead atoms. The van der Waals surface area contributed by atoms with Crippen molar-refractivity contribution in [3.63, 3.8) is 0 Å². The first kappa shape index (κ1) is 19.2. The highest BCUT2D eigenvalue weighted by atomic mass is 16.2. The summed E-state index contributed by atoms with van der Waals surface area (Å²) in [6.07, 6.45) is 2.04. The van der Waals surface area contributed by atoms with Crippen LogP contribution >= 0.6 is 0 Å². The van der Waals surface area contributed by atoms with E-state index in [1.54, 1.807) is 29.2 Å². The molecule has 0 fully saturated rings. The third-order valence-corrected chi connectivity index (χ3v) is 6.07. The van der Waals surface area contributed by atoms with Crippen molar-refractivity contribution in [1.29, 1.82) is 0 Å². The number of imide groups is 1. The monoisotopic (exact) mass is 410 g/mol. The number of benzene rings is 3. The number of anilines is 1.